The third kappa shape index (κ3) is 3.64. The summed E-state index contributed by atoms with van der Waals surface area (Å²) >= 11 is 0. The Hall–Kier alpha value is -2.63. The van der Waals surface area contributed by atoms with Gasteiger partial charge in [-0.1, -0.05) is 12.1 Å². The molecule has 1 N–H and O–H groups in total. The van der Waals surface area contributed by atoms with Crippen LogP contribution in [-0.4, -0.2) is 41.0 Å². The molecular formula is C18H21N3O3. The van der Waals surface area contributed by atoms with Gasteiger partial charge in [0.15, 0.2) is 0 Å². The lowest BCUT2D eigenvalue weighted by atomic mass is 10.0. The van der Waals surface area contributed by atoms with E-state index in [0.29, 0.717) is 25.3 Å². The van der Waals surface area contributed by atoms with Crippen LogP contribution in [0.5, 0.6) is 5.75 Å². The number of likely N-dealkylation sites (tertiary alicyclic amines) is 1. The number of rotatable bonds is 4. The van der Waals surface area contributed by atoms with Gasteiger partial charge in [0.05, 0.1) is 19.2 Å². The molecule has 6 nitrogen and oxygen atoms in total. The zero-order valence-electron chi connectivity index (χ0n) is 13.9. The van der Waals surface area contributed by atoms with Crippen LogP contribution in [0.4, 0.5) is 0 Å². The molecule has 126 valence electrons. The molecule has 2 heterocycles. The minimum absolute atomic E-state index is 0.0901. The number of carbonyl (C=O) groups is 1. The highest BCUT2D eigenvalue weighted by Crippen LogP contribution is 2.26. The minimum atomic E-state index is -0.140. The van der Waals surface area contributed by atoms with Crippen LogP contribution in [0.2, 0.25) is 0 Å². The van der Waals surface area contributed by atoms with Crippen LogP contribution < -0.4 is 10.3 Å². The Morgan fingerprint density at radius 2 is 2.25 bits per heavy atom. The van der Waals surface area contributed by atoms with Gasteiger partial charge in [-0.25, -0.2) is 4.98 Å². The molecule has 0 spiro atoms. The summed E-state index contributed by atoms with van der Waals surface area (Å²) in [6, 6.07) is 9.09. The van der Waals surface area contributed by atoms with Crippen molar-refractivity contribution in [1.29, 1.82) is 0 Å². The molecule has 0 radical (unpaired) electrons. The number of hydrogen-bond acceptors (Lipinski definition) is 4. The Morgan fingerprint density at radius 3 is 3.00 bits per heavy atom. The predicted molar refractivity (Wildman–Crippen MR) is 90.2 cm³/mol. The van der Waals surface area contributed by atoms with E-state index in [1.54, 1.807) is 14.0 Å². The monoisotopic (exact) mass is 327 g/mol. The van der Waals surface area contributed by atoms with Crippen LogP contribution in [0.25, 0.3) is 0 Å². The van der Waals surface area contributed by atoms with E-state index < -0.39 is 0 Å². The molecule has 2 aromatic rings. The number of aryl methyl sites for hydroxylation is 1. The molecule has 1 aromatic heterocycles. The van der Waals surface area contributed by atoms with Crippen molar-refractivity contribution in [3.63, 3.8) is 0 Å². The van der Waals surface area contributed by atoms with Crippen molar-refractivity contribution in [2.24, 2.45) is 0 Å². The number of amides is 1. The number of carbonyl (C=O) groups excluding carboxylic acids is 1. The number of nitrogens with zero attached hydrogens (tertiary/aromatic N) is 2. The van der Waals surface area contributed by atoms with Gasteiger partial charge in [0.1, 0.15) is 11.6 Å². The van der Waals surface area contributed by atoms with Gasteiger partial charge in [-0.15, -0.1) is 0 Å². The highest BCUT2D eigenvalue weighted by molar-refractivity contribution is 5.79. The van der Waals surface area contributed by atoms with Gasteiger partial charge in [-0.2, -0.15) is 0 Å². The average Bonchev–Trinajstić information content (AvgIpc) is 3.04. The first-order chi connectivity index (χ1) is 11.5. The van der Waals surface area contributed by atoms with E-state index in [4.69, 9.17) is 4.74 Å². The summed E-state index contributed by atoms with van der Waals surface area (Å²) in [4.78, 5) is 33.0. The first kappa shape index (κ1) is 16.2. The summed E-state index contributed by atoms with van der Waals surface area (Å²) in [5.41, 5.74) is 1.57. The van der Waals surface area contributed by atoms with E-state index in [9.17, 15) is 9.59 Å². The fraction of sp³-hybridized carbons (Fsp3) is 0.389. The van der Waals surface area contributed by atoms with Gasteiger partial charge < -0.3 is 14.6 Å². The van der Waals surface area contributed by atoms with E-state index in [0.717, 1.165) is 23.4 Å². The maximum Gasteiger partial charge on any atom is 0.251 e. The van der Waals surface area contributed by atoms with Gasteiger partial charge in [0.2, 0.25) is 5.91 Å². The first-order valence-electron chi connectivity index (χ1n) is 8.03. The molecule has 0 saturated carbocycles. The number of methoxy groups -OCH3 is 1. The highest BCUT2D eigenvalue weighted by atomic mass is 16.5. The fourth-order valence-electron chi connectivity index (χ4n) is 3.11. The molecule has 6 heteroatoms. The smallest absolute Gasteiger partial charge is 0.251 e. The second-order valence-electron chi connectivity index (χ2n) is 6.11. The third-order valence-corrected chi connectivity index (χ3v) is 4.33. The summed E-state index contributed by atoms with van der Waals surface area (Å²) in [6.07, 6.45) is 1.19. The summed E-state index contributed by atoms with van der Waals surface area (Å²) in [6.45, 7) is 3.07. The van der Waals surface area contributed by atoms with Crippen LogP contribution in [0.15, 0.2) is 35.1 Å². The molecule has 1 unspecified atom stereocenters. The van der Waals surface area contributed by atoms with Gasteiger partial charge in [-0.05, 0) is 31.0 Å². The van der Waals surface area contributed by atoms with Crippen molar-refractivity contribution in [2.75, 3.05) is 20.2 Å². The van der Waals surface area contributed by atoms with Gasteiger partial charge in [-0.3, -0.25) is 9.59 Å². The minimum Gasteiger partial charge on any atom is -0.497 e. The molecule has 1 aliphatic heterocycles. The highest BCUT2D eigenvalue weighted by Gasteiger charge is 2.28. The lowest BCUT2D eigenvalue weighted by molar-refractivity contribution is -0.129. The second kappa shape index (κ2) is 6.86. The summed E-state index contributed by atoms with van der Waals surface area (Å²) in [5, 5.41) is 0. The van der Waals surface area contributed by atoms with Crippen molar-refractivity contribution in [1.82, 2.24) is 14.9 Å². The molecule has 1 saturated heterocycles. The standard InChI is InChI=1S/C18H21N3O3/c1-12-19-16(10-17(22)20-12)14-6-7-21(11-14)18(23)9-13-4-3-5-15(8-13)24-2/h3-5,8,10,14H,6-7,9,11H2,1-2H3,(H,19,20,22). The van der Waals surface area contributed by atoms with Gasteiger partial charge in [0.25, 0.3) is 5.56 Å². The lowest BCUT2D eigenvalue weighted by Crippen LogP contribution is -2.30. The number of hydrogen-bond donors (Lipinski definition) is 1. The van der Waals surface area contributed by atoms with E-state index in [1.165, 1.54) is 6.07 Å². The lowest BCUT2D eigenvalue weighted by Gasteiger charge is -2.17. The SMILES string of the molecule is COc1cccc(CC(=O)N2CCC(c3cc(=O)[nH]c(C)n3)C2)c1. The van der Waals surface area contributed by atoms with E-state index in [2.05, 4.69) is 9.97 Å². The van der Waals surface area contributed by atoms with Crippen molar-refractivity contribution in [3.05, 3.63) is 57.8 Å². The molecule has 1 fully saturated rings. The maximum atomic E-state index is 12.5. The van der Waals surface area contributed by atoms with Crippen LogP contribution in [0.3, 0.4) is 0 Å². The van der Waals surface area contributed by atoms with Crippen molar-refractivity contribution in [3.8, 4) is 5.75 Å². The van der Waals surface area contributed by atoms with E-state index in [-0.39, 0.29) is 17.4 Å². The molecule has 24 heavy (non-hydrogen) atoms. The van der Waals surface area contributed by atoms with Crippen LogP contribution in [0.1, 0.15) is 29.4 Å². The normalized spacial score (nSPS) is 17.1. The van der Waals surface area contributed by atoms with Crippen LogP contribution >= 0.6 is 0 Å². The number of H-pyrrole nitrogens is 1. The molecule has 1 atom stereocenters. The van der Waals surface area contributed by atoms with Crippen LogP contribution in [-0.2, 0) is 11.2 Å². The Bertz CT molecular complexity index is 800. The van der Waals surface area contributed by atoms with Crippen molar-refractivity contribution >= 4 is 5.91 Å². The molecule has 1 aromatic carbocycles. The summed E-state index contributed by atoms with van der Waals surface area (Å²) in [5.74, 6) is 1.58. The first-order valence-corrected chi connectivity index (χ1v) is 8.03. The topological polar surface area (TPSA) is 75.3 Å². The molecule has 1 aliphatic rings. The Labute approximate surface area is 140 Å². The predicted octanol–water partition coefficient (Wildman–Crippen LogP) is 1.65. The average molecular weight is 327 g/mol. The quantitative estimate of drug-likeness (QED) is 0.926. The molecule has 0 bridgehead atoms. The Kier molecular flexibility index (Phi) is 4.64. The van der Waals surface area contributed by atoms with Crippen molar-refractivity contribution in [2.45, 2.75) is 25.7 Å². The Morgan fingerprint density at radius 1 is 1.42 bits per heavy atom. The number of benzene rings is 1. The molecule has 1 amide bonds. The Balaban J connectivity index is 1.66. The molecular weight excluding hydrogens is 306 g/mol. The zero-order valence-corrected chi connectivity index (χ0v) is 13.9. The second-order valence-corrected chi connectivity index (χ2v) is 6.11. The fourth-order valence-corrected chi connectivity index (χ4v) is 3.11. The largest absolute Gasteiger partial charge is 0.497 e. The number of aromatic nitrogens is 2. The number of nitrogens with one attached hydrogen (secondary N) is 1. The van der Waals surface area contributed by atoms with E-state index >= 15 is 0 Å². The maximum absolute atomic E-state index is 12.5. The molecule has 3 rings (SSSR count). The van der Waals surface area contributed by atoms with Crippen molar-refractivity contribution < 1.29 is 9.53 Å². The number of aromatic amines is 1. The zero-order chi connectivity index (χ0) is 17.1. The third-order valence-electron chi connectivity index (χ3n) is 4.33. The summed E-state index contributed by atoms with van der Waals surface area (Å²) < 4.78 is 5.19. The summed E-state index contributed by atoms with van der Waals surface area (Å²) in [7, 11) is 1.61. The number of ether oxygens (including phenoxy) is 1. The van der Waals surface area contributed by atoms with E-state index in [1.807, 2.05) is 29.2 Å². The van der Waals surface area contributed by atoms with Gasteiger partial charge in [0, 0.05) is 25.1 Å². The van der Waals surface area contributed by atoms with Crippen LogP contribution in [0, 0.1) is 6.92 Å². The molecule has 0 aliphatic carbocycles. The van der Waals surface area contributed by atoms with Gasteiger partial charge >= 0.3 is 0 Å².